The van der Waals surface area contributed by atoms with Crippen molar-refractivity contribution in [1.29, 1.82) is 0 Å². The van der Waals surface area contributed by atoms with Crippen molar-refractivity contribution in [2.24, 2.45) is 0 Å². The van der Waals surface area contributed by atoms with Gasteiger partial charge in [-0.2, -0.15) is 0 Å². The van der Waals surface area contributed by atoms with Crippen LogP contribution in [0.4, 0.5) is 0 Å². The highest BCUT2D eigenvalue weighted by Crippen LogP contribution is 2.36. The molecule has 4 heteroatoms. The van der Waals surface area contributed by atoms with E-state index in [9.17, 15) is 15.3 Å². The van der Waals surface area contributed by atoms with Crippen LogP contribution >= 0.6 is 0 Å². The van der Waals surface area contributed by atoms with Gasteiger partial charge in [0.05, 0.1) is 6.10 Å². The maximum Gasteiger partial charge on any atom is 0.158 e. The van der Waals surface area contributed by atoms with E-state index in [1.54, 1.807) is 0 Å². The molecule has 1 aromatic carbocycles. The Kier molecular flexibility index (Phi) is 13.5. The molecular formula is C28H48O4. The normalized spacial score (nSPS) is 24.1. The second kappa shape index (κ2) is 15.8. The van der Waals surface area contributed by atoms with Crippen molar-refractivity contribution in [3.05, 3.63) is 35.9 Å². The first kappa shape index (κ1) is 27.3. The maximum atomic E-state index is 11.1. The molecule has 1 saturated heterocycles. The van der Waals surface area contributed by atoms with E-state index in [4.69, 9.17) is 4.74 Å². The van der Waals surface area contributed by atoms with Crippen LogP contribution in [0, 0.1) is 0 Å². The third kappa shape index (κ3) is 10.3. The van der Waals surface area contributed by atoms with Gasteiger partial charge in [0.15, 0.2) is 6.29 Å². The minimum atomic E-state index is -1.23. The van der Waals surface area contributed by atoms with E-state index in [2.05, 4.69) is 6.92 Å². The van der Waals surface area contributed by atoms with Crippen LogP contribution in [-0.2, 0) is 11.2 Å². The fourth-order valence-corrected chi connectivity index (χ4v) is 5.03. The standard InChI is InChI=1S/C28H48O4/c1-2-3-4-5-6-7-8-9-10-11-12-13-14-18-21-25(29)27-28(31,23-26(30)32-27)22-24-19-16-15-17-20-24/h15-17,19-20,25-27,29-31H,2-14,18,21-23H2,1H3/t25?,26-,27+,28-/m0/s1. The van der Waals surface area contributed by atoms with E-state index >= 15 is 0 Å². The largest absolute Gasteiger partial charge is 0.390 e. The van der Waals surface area contributed by atoms with Crippen LogP contribution in [0.15, 0.2) is 30.3 Å². The van der Waals surface area contributed by atoms with E-state index < -0.39 is 24.1 Å². The van der Waals surface area contributed by atoms with Crippen molar-refractivity contribution in [3.63, 3.8) is 0 Å². The summed E-state index contributed by atoms with van der Waals surface area (Å²) < 4.78 is 5.54. The monoisotopic (exact) mass is 448 g/mol. The maximum absolute atomic E-state index is 11.1. The zero-order chi connectivity index (χ0) is 23.1. The molecular weight excluding hydrogens is 400 g/mol. The molecule has 1 aliphatic heterocycles. The molecule has 4 nitrogen and oxygen atoms in total. The van der Waals surface area contributed by atoms with Crippen molar-refractivity contribution < 1.29 is 20.1 Å². The van der Waals surface area contributed by atoms with Gasteiger partial charge >= 0.3 is 0 Å². The number of hydrogen-bond donors (Lipinski definition) is 3. The Hall–Kier alpha value is -0.940. The lowest BCUT2D eigenvalue weighted by Crippen LogP contribution is -2.47. The van der Waals surface area contributed by atoms with Crippen LogP contribution in [0.5, 0.6) is 0 Å². The Morgan fingerprint density at radius 1 is 0.844 bits per heavy atom. The van der Waals surface area contributed by atoms with Crippen molar-refractivity contribution >= 4 is 0 Å². The van der Waals surface area contributed by atoms with Gasteiger partial charge in [0.1, 0.15) is 11.7 Å². The van der Waals surface area contributed by atoms with Crippen LogP contribution in [0.3, 0.4) is 0 Å². The first-order valence-electron chi connectivity index (χ1n) is 13.3. The molecule has 0 radical (unpaired) electrons. The second-order valence-electron chi connectivity index (χ2n) is 9.93. The van der Waals surface area contributed by atoms with Gasteiger partial charge in [0.2, 0.25) is 0 Å². The average Bonchev–Trinajstić information content (AvgIpc) is 3.08. The Morgan fingerprint density at radius 3 is 1.88 bits per heavy atom. The third-order valence-corrected chi connectivity index (χ3v) is 6.92. The quantitative estimate of drug-likeness (QED) is 0.231. The highest BCUT2D eigenvalue weighted by atomic mass is 16.6. The summed E-state index contributed by atoms with van der Waals surface area (Å²) in [6.45, 7) is 2.27. The predicted octanol–water partition coefficient (Wildman–Crippen LogP) is 6.30. The van der Waals surface area contributed by atoms with E-state index in [0.717, 1.165) is 18.4 Å². The molecule has 2 rings (SSSR count). The van der Waals surface area contributed by atoms with Gasteiger partial charge < -0.3 is 20.1 Å². The molecule has 1 unspecified atom stereocenters. The predicted molar refractivity (Wildman–Crippen MR) is 132 cm³/mol. The van der Waals surface area contributed by atoms with E-state index in [1.807, 2.05) is 30.3 Å². The molecule has 0 bridgehead atoms. The summed E-state index contributed by atoms with van der Waals surface area (Å²) in [5.41, 5.74) is -0.239. The molecule has 0 saturated carbocycles. The van der Waals surface area contributed by atoms with Crippen LogP contribution in [0.25, 0.3) is 0 Å². The van der Waals surface area contributed by atoms with Gasteiger partial charge in [-0.15, -0.1) is 0 Å². The van der Waals surface area contributed by atoms with Gasteiger partial charge in [-0.1, -0.05) is 127 Å². The second-order valence-corrected chi connectivity index (χ2v) is 9.93. The van der Waals surface area contributed by atoms with Gasteiger partial charge in [0, 0.05) is 12.8 Å². The van der Waals surface area contributed by atoms with Crippen LogP contribution < -0.4 is 0 Å². The number of aliphatic hydroxyl groups excluding tert-OH is 2. The Labute approximate surface area is 196 Å². The van der Waals surface area contributed by atoms with Crippen LogP contribution in [-0.4, -0.2) is 39.4 Å². The van der Waals surface area contributed by atoms with E-state index in [1.165, 1.54) is 77.0 Å². The molecule has 32 heavy (non-hydrogen) atoms. The van der Waals surface area contributed by atoms with Gasteiger partial charge in [-0.05, 0) is 12.0 Å². The van der Waals surface area contributed by atoms with Crippen molar-refractivity contribution in [3.8, 4) is 0 Å². The minimum Gasteiger partial charge on any atom is -0.390 e. The first-order valence-corrected chi connectivity index (χ1v) is 13.3. The summed E-state index contributed by atoms with van der Waals surface area (Å²) in [5.74, 6) is 0. The average molecular weight is 449 g/mol. The van der Waals surface area contributed by atoms with Crippen molar-refractivity contribution in [1.82, 2.24) is 0 Å². The lowest BCUT2D eigenvalue weighted by Gasteiger charge is -2.31. The summed E-state index contributed by atoms with van der Waals surface area (Å²) in [7, 11) is 0. The molecule has 0 aromatic heterocycles. The summed E-state index contributed by atoms with van der Waals surface area (Å²) in [4.78, 5) is 0. The first-order chi connectivity index (χ1) is 15.5. The highest BCUT2D eigenvalue weighted by molar-refractivity contribution is 5.19. The minimum absolute atomic E-state index is 0.141. The smallest absolute Gasteiger partial charge is 0.158 e. The van der Waals surface area contributed by atoms with Gasteiger partial charge in [0.25, 0.3) is 0 Å². The number of ether oxygens (including phenoxy) is 1. The molecule has 3 N–H and O–H groups in total. The molecule has 184 valence electrons. The summed E-state index contributed by atoms with van der Waals surface area (Å²) in [6.07, 6.45) is 16.9. The summed E-state index contributed by atoms with van der Waals surface area (Å²) in [6, 6.07) is 9.73. The third-order valence-electron chi connectivity index (χ3n) is 6.92. The zero-order valence-electron chi connectivity index (χ0n) is 20.4. The Balaban J connectivity index is 1.52. The number of unbranched alkanes of at least 4 members (excludes halogenated alkanes) is 13. The summed E-state index contributed by atoms with van der Waals surface area (Å²) >= 11 is 0. The molecule has 4 atom stereocenters. The van der Waals surface area contributed by atoms with Gasteiger partial charge in [-0.3, -0.25) is 0 Å². The molecule has 0 amide bonds. The molecule has 0 aliphatic carbocycles. The Bertz CT molecular complexity index is 578. The van der Waals surface area contributed by atoms with Crippen molar-refractivity contribution in [2.75, 3.05) is 0 Å². The molecule has 1 heterocycles. The lowest BCUT2D eigenvalue weighted by atomic mass is 9.84. The topological polar surface area (TPSA) is 69.9 Å². The lowest BCUT2D eigenvalue weighted by molar-refractivity contribution is -0.146. The molecule has 1 fully saturated rings. The number of benzene rings is 1. The van der Waals surface area contributed by atoms with E-state index in [0.29, 0.717) is 12.8 Å². The Morgan fingerprint density at radius 2 is 1.34 bits per heavy atom. The number of hydrogen-bond acceptors (Lipinski definition) is 4. The van der Waals surface area contributed by atoms with Crippen LogP contribution in [0.2, 0.25) is 0 Å². The SMILES string of the molecule is CCCCCCCCCCCCCCCCC(O)[C@H]1O[C@H](O)C[C@@]1(O)Cc1ccccc1. The highest BCUT2D eigenvalue weighted by Gasteiger charge is 2.49. The number of rotatable bonds is 18. The fraction of sp³-hybridized carbons (Fsp3) is 0.786. The van der Waals surface area contributed by atoms with Gasteiger partial charge in [-0.25, -0.2) is 0 Å². The van der Waals surface area contributed by atoms with E-state index in [-0.39, 0.29) is 6.42 Å². The summed E-state index contributed by atoms with van der Waals surface area (Å²) in [5, 5.41) is 31.8. The fourth-order valence-electron chi connectivity index (χ4n) is 5.03. The molecule has 0 spiro atoms. The molecule has 1 aliphatic rings. The molecule has 1 aromatic rings. The van der Waals surface area contributed by atoms with Crippen molar-refractivity contribution in [2.45, 2.75) is 140 Å². The zero-order valence-corrected chi connectivity index (χ0v) is 20.4. The number of aliphatic hydroxyl groups is 3. The van der Waals surface area contributed by atoms with Crippen LogP contribution in [0.1, 0.15) is 115 Å².